The topological polar surface area (TPSA) is 21.5 Å². The van der Waals surface area contributed by atoms with E-state index in [0.717, 1.165) is 0 Å². The van der Waals surface area contributed by atoms with Crippen LogP contribution in [0.3, 0.4) is 0 Å². The summed E-state index contributed by atoms with van der Waals surface area (Å²) in [6.45, 7) is 0. The highest BCUT2D eigenvalue weighted by molar-refractivity contribution is 9.10. The summed E-state index contributed by atoms with van der Waals surface area (Å²) < 4.78 is 14.5. The van der Waals surface area contributed by atoms with Crippen molar-refractivity contribution < 1.29 is 4.39 Å². The van der Waals surface area contributed by atoms with Crippen molar-refractivity contribution >= 4 is 21.4 Å². The van der Waals surface area contributed by atoms with E-state index in [0.29, 0.717) is 9.99 Å². The van der Waals surface area contributed by atoms with Crippen molar-refractivity contribution in [2.75, 3.05) is 0 Å². The summed E-state index contributed by atoms with van der Waals surface area (Å²) in [5.74, 6) is -0.423. The van der Waals surface area contributed by atoms with Gasteiger partial charge in [-0.15, -0.1) is 0 Å². The Morgan fingerprint density at radius 2 is 1.92 bits per heavy atom. The van der Waals surface area contributed by atoms with Gasteiger partial charge in [0.1, 0.15) is 5.82 Å². The van der Waals surface area contributed by atoms with Gasteiger partial charge >= 0.3 is 0 Å². The van der Waals surface area contributed by atoms with Gasteiger partial charge in [0.2, 0.25) is 0 Å². The summed E-state index contributed by atoms with van der Waals surface area (Å²) in [5, 5.41) is 0. The summed E-state index contributed by atoms with van der Waals surface area (Å²) in [4.78, 5) is 11.4. The van der Waals surface area contributed by atoms with Crippen LogP contribution in [-0.2, 0) is 0 Å². The van der Waals surface area contributed by atoms with Crippen LogP contribution in [0.5, 0.6) is 0 Å². The Hall–Kier alpha value is -1.16. The van der Waals surface area contributed by atoms with Gasteiger partial charge in [0.15, 0.2) is 0 Å². The molecule has 0 aromatic carbocycles. The standard InChI is InChI=1S/C9H5BrFNO/c10-8-4-3-7-2-1-6(11)5-12(7)9(8)13/h1-5H. The highest BCUT2D eigenvalue weighted by atomic mass is 79.9. The Morgan fingerprint density at radius 3 is 2.69 bits per heavy atom. The van der Waals surface area contributed by atoms with Crippen molar-refractivity contribution in [3.63, 3.8) is 0 Å². The maximum atomic E-state index is 12.8. The molecule has 0 N–H and O–H groups in total. The molecule has 0 aliphatic heterocycles. The molecule has 0 saturated heterocycles. The molecule has 2 nitrogen and oxygen atoms in total. The van der Waals surface area contributed by atoms with Gasteiger partial charge in [0.05, 0.1) is 4.47 Å². The predicted molar refractivity (Wildman–Crippen MR) is 51.3 cm³/mol. The molecule has 0 amide bonds. The first-order valence-corrected chi connectivity index (χ1v) is 4.44. The van der Waals surface area contributed by atoms with Crippen molar-refractivity contribution in [2.24, 2.45) is 0 Å². The largest absolute Gasteiger partial charge is 0.280 e. The summed E-state index contributed by atoms with van der Waals surface area (Å²) in [7, 11) is 0. The maximum absolute atomic E-state index is 12.8. The third-order valence-electron chi connectivity index (χ3n) is 1.77. The van der Waals surface area contributed by atoms with Crippen molar-refractivity contribution in [2.45, 2.75) is 0 Å². The summed E-state index contributed by atoms with van der Waals surface area (Å²) in [5.41, 5.74) is 0.423. The first-order valence-electron chi connectivity index (χ1n) is 3.65. The minimum Gasteiger partial charge on any atom is -0.280 e. The number of fused-ring (bicyclic) bond motifs is 1. The van der Waals surface area contributed by atoms with Crippen LogP contribution >= 0.6 is 15.9 Å². The lowest BCUT2D eigenvalue weighted by Crippen LogP contribution is -2.13. The molecule has 0 radical (unpaired) electrons. The van der Waals surface area contributed by atoms with Crippen LogP contribution in [-0.4, -0.2) is 4.40 Å². The molecule has 13 heavy (non-hydrogen) atoms. The third kappa shape index (κ3) is 1.37. The average Bonchev–Trinajstić information content (AvgIpc) is 2.12. The molecule has 4 heteroatoms. The second-order valence-electron chi connectivity index (χ2n) is 2.63. The SMILES string of the molecule is O=c1c(Br)ccc2ccc(F)cn12. The number of pyridine rings is 2. The van der Waals surface area contributed by atoms with Gasteiger partial charge in [-0.3, -0.25) is 9.20 Å². The zero-order chi connectivity index (χ0) is 9.42. The minimum atomic E-state index is -0.423. The number of rotatable bonds is 0. The molecule has 2 rings (SSSR count). The van der Waals surface area contributed by atoms with E-state index in [1.807, 2.05) is 0 Å². The van der Waals surface area contributed by atoms with Crippen LogP contribution in [0.4, 0.5) is 4.39 Å². The van der Waals surface area contributed by atoms with Crippen LogP contribution < -0.4 is 5.56 Å². The van der Waals surface area contributed by atoms with Gasteiger partial charge in [-0.2, -0.15) is 0 Å². The van der Waals surface area contributed by atoms with Crippen LogP contribution in [0.1, 0.15) is 0 Å². The third-order valence-corrected chi connectivity index (χ3v) is 2.37. The van der Waals surface area contributed by atoms with Crippen LogP contribution in [0, 0.1) is 5.82 Å². The van der Waals surface area contributed by atoms with Gasteiger partial charge in [-0.25, -0.2) is 4.39 Å². The van der Waals surface area contributed by atoms with Gasteiger partial charge < -0.3 is 0 Å². The van der Waals surface area contributed by atoms with Crippen molar-refractivity contribution in [1.29, 1.82) is 0 Å². The lowest BCUT2D eigenvalue weighted by atomic mass is 10.3. The normalized spacial score (nSPS) is 10.6. The molecule has 0 saturated carbocycles. The fourth-order valence-corrected chi connectivity index (χ4v) is 1.47. The van der Waals surface area contributed by atoms with E-state index in [9.17, 15) is 9.18 Å². The Kier molecular flexibility index (Phi) is 1.92. The highest BCUT2D eigenvalue weighted by Crippen LogP contribution is 2.07. The minimum absolute atomic E-state index is 0.253. The maximum Gasteiger partial charge on any atom is 0.269 e. The molecular formula is C9H5BrFNO. The van der Waals surface area contributed by atoms with Crippen LogP contribution in [0.25, 0.3) is 5.52 Å². The number of halogens is 2. The second kappa shape index (κ2) is 2.96. The van der Waals surface area contributed by atoms with Crippen LogP contribution in [0.2, 0.25) is 0 Å². The van der Waals surface area contributed by atoms with Gasteiger partial charge in [0, 0.05) is 11.7 Å². The van der Waals surface area contributed by atoms with E-state index >= 15 is 0 Å². The molecular weight excluding hydrogens is 237 g/mol. The summed E-state index contributed by atoms with van der Waals surface area (Å²) >= 11 is 3.09. The lowest BCUT2D eigenvalue weighted by molar-refractivity contribution is 0.618. The van der Waals surface area contributed by atoms with E-state index in [2.05, 4.69) is 15.9 Å². The number of aromatic nitrogens is 1. The van der Waals surface area contributed by atoms with E-state index in [-0.39, 0.29) is 5.56 Å². The average molecular weight is 242 g/mol. The Balaban J connectivity index is 2.97. The number of hydrogen-bond acceptors (Lipinski definition) is 1. The smallest absolute Gasteiger partial charge is 0.269 e. The fourth-order valence-electron chi connectivity index (χ4n) is 1.14. The van der Waals surface area contributed by atoms with E-state index in [4.69, 9.17) is 0 Å². The molecule has 66 valence electrons. The summed E-state index contributed by atoms with van der Waals surface area (Å²) in [6, 6.07) is 6.27. The fraction of sp³-hybridized carbons (Fsp3) is 0. The summed E-state index contributed by atoms with van der Waals surface area (Å²) in [6.07, 6.45) is 1.17. The Bertz CT molecular complexity index is 515. The quantitative estimate of drug-likeness (QED) is 0.693. The highest BCUT2D eigenvalue weighted by Gasteiger charge is 2.00. The van der Waals surface area contributed by atoms with Gasteiger partial charge in [-0.1, -0.05) is 0 Å². The first kappa shape index (κ1) is 8.44. The van der Waals surface area contributed by atoms with E-state index in [1.54, 1.807) is 18.2 Å². The molecule has 0 aliphatic carbocycles. The molecule has 0 atom stereocenters. The zero-order valence-electron chi connectivity index (χ0n) is 6.50. The molecule has 0 fully saturated rings. The lowest BCUT2D eigenvalue weighted by Gasteiger charge is -2.00. The molecule has 2 heterocycles. The Labute approximate surface area is 81.8 Å². The molecule has 2 aromatic heterocycles. The molecule has 2 aromatic rings. The van der Waals surface area contributed by atoms with E-state index < -0.39 is 5.82 Å². The van der Waals surface area contributed by atoms with Crippen LogP contribution in [0.15, 0.2) is 39.7 Å². The molecule has 0 aliphatic rings. The molecule has 0 bridgehead atoms. The number of nitrogens with zero attached hydrogens (tertiary/aromatic N) is 1. The number of hydrogen-bond donors (Lipinski definition) is 0. The second-order valence-corrected chi connectivity index (χ2v) is 3.48. The van der Waals surface area contributed by atoms with Gasteiger partial charge in [0.25, 0.3) is 5.56 Å². The first-order chi connectivity index (χ1) is 6.18. The van der Waals surface area contributed by atoms with E-state index in [1.165, 1.54) is 16.7 Å². The molecule has 0 unspecified atom stereocenters. The van der Waals surface area contributed by atoms with Crippen molar-refractivity contribution in [3.05, 3.63) is 51.1 Å². The molecule has 0 spiro atoms. The Morgan fingerprint density at radius 1 is 1.23 bits per heavy atom. The monoisotopic (exact) mass is 241 g/mol. The van der Waals surface area contributed by atoms with Crippen molar-refractivity contribution in [3.8, 4) is 0 Å². The predicted octanol–water partition coefficient (Wildman–Crippen LogP) is 2.20. The van der Waals surface area contributed by atoms with Gasteiger partial charge in [-0.05, 0) is 40.2 Å². The van der Waals surface area contributed by atoms with Crippen molar-refractivity contribution in [1.82, 2.24) is 4.40 Å². The zero-order valence-corrected chi connectivity index (χ0v) is 8.08.